The van der Waals surface area contributed by atoms with Crippen LogP contribution in [-0.2, 0) is 21.0 Å². The molecule has 0 aliphatic carbocycles. The van der Waals surface area contributed by atoms with Crippen LogP contribution in [0.25, 0.3) is 0 Å². The maximum absolute atomic E-state index is 12.8. The molecule has 7 nitrogen and oxygen atoms in total. The molecule has 12 heteroatoms. The second-order valence-electron chi connectivity index (χ2n) is 6.42. The van der Waals surface area contributed by atoms with E-state index in [1.54, 1.807) is 13.8 Å². The number of H-pyrrole nitrogens is 1. The van der Waals surface area contributed by atoms with Gasteiger partial charge in [0.05, 0.1) is 10.5 Å². The number of rotatable bonds is 6. The van der Waals surface area contributed by atoms with E-state index in [2.05, 4.69) is 26.0 Å². The number of pyridine rings is 1. The molecule has 0 fully saturated rings. The number of carbonyl (C=O) groups is 1. The highest BCUT2D eigenvalue weighted by molar-refractivity contribution is 9.10. The summed E-state index contributed by atoms with van der Waals surface area (Å²) in [6, 6.07) is 4.79. The normalized spacial score (nSPS) is 13.3. The first-order valence-electron chi connectivity index (χ1n) is 8.20. The highest BCUT2D eigenvalue weighted by Crippen LogP contribution is 2.29. The number of anilines is 1. The lowest BCUT2D eigenvalue weighted by Crippen LogP contribution is -2.47. The third-order valence-corrected chi connectivity index (χ3v) is 5.83. The first-order valence-corrected chi connectivity index (χ1v) is 10.5. The van der Waals surface area contributed by atoms with Crippen molar-refractivity contribution in [3.8, 4) is 0 Å². The van der Waals surface area contributed by atoms with Gasteiger partial charge in [0.25, 0.3) is 5.56 Å². The Labute approximate surface area is 172 Å². The van der Waals surface area contributed by atoms with Crippen molar-refractivity contribution < 1.29 is 26.4 Å². The predicted octanol–water partition coefficient (Wildman–Crippen LogP) is 3.10. The molecule has 3 N–H and O–H groups in total. The average molecular weight is 496 g/mol. The van der Waals surface area contributed by atoms with Crippen LogP contribution in [0, 0.1) is 5.92 Å². The second-order valence-corrected chi connectivity index (χ2v) is 9.04. The summed E-state index contributed by atoms with van der Waals surface area (Å²) in [5.74, 6) is -1.53. The molecule has 158 valence electrons. The molecule has 1 amide bonds. The summed E-state index contributed by atoms with van der Waals surface area (Å²) >= 11 is 3.18. The van der Waals surface area contributed by atoms with Crippen LogP contribution >= 0.6 is 15.9 Å². The number of amides is 1. The van der Waals surface area contributed by atoms with Gasteiger partial charge in [-0.25, -0.2) is 8.42 Å². The van der Waals surface area contributed by atoms with Crippen molar-refractivity contribution in [3.63, 3.8) is 0 Å². The van der Waals surface area contributed by atoms with E-state index >= 15 is 0 Å². The number of halogens is 4. The SMILES string of the molecule is CC(C)[C@H](NS(=O)(=O)c1ccc(Br)cc1)C(=O)Nc1cc(C(F)(F)F)c[nH]c1=O. The van der Waals surface area contributed by atoms with Gasteiger partial charge in [0.1, 0.15) is 11.7 Å². The van der Waals surface area contributed by atoms with E-state index in [4.69, 9.17) is 0 Å². The molecular weight excluding hydrogens is 479 g/mol. The molecular formula is C17H17BrF3N3O4S. The lowest BCUT2D eigenvalue weighted by atomic mass is 10.0. The number of hydrogen-bond acceptors (Lipinski definition) is 4. The molecule has 1 aromatic carbocycles. The van der Waals surface area contributed by atoms with Crippen molar-refractivity contribution in [1.82, 2.24) is 9.71 Å². The Morgan fingerprint density at radius 2 is 1.76 bits per heavy atom. The Balaban J connectivity index is 2.29. The largest absolute Gasteiger partial charge is 0.417 e. The fraction of sp³-hybridized carbons (Fsp3) is 0.294. The summed E-state index contributed by atoms with van der Waals surface area (Å²) in [5, 5.41) is 2.07. The van der Waals surface area contributed by atoms with Gasteiger partial charge in [-0.05, 0) is 36.2 Å². The standard InChI is InChI=1S/C17H17BrF3N3O4S/c1-9(2)14(24-29(27,28)12-5-3-11(18)4-6-12)16(26)23-13-7-10(17(19,20)21)8-22-15(13)25/h3-9,14,24H,1-2H3,(H,22,25)(H,23,26)/t14-/m0/s1. The Morgan fingerprint density at radius 1 is 1.17 bits per heavy atom. The third-order valence-electron chi connectivity index (χ3n) is 3.84. The minimum atomic E-state index is -4.73. The van der Waals surface area contributed by atoms with E-state index < -0.39 is 50.9 Å². The Hall–Kier alpha value is -2.18. The fourth-order valence-electron chi connectivity index (χ4n) is 2.29. The average Bonchev–Trinajstić information content (AvgIpc) is 2.60. The fourth-order valence-corrected chi connectivity index (χ4v) is 3.90. The minimum Gasteiger partial charge on any atom is -0.327 e. The molecule has 2 aromatic rings. The van der Waals surface area contributed by atoms with Gasteiger partial charge in [0.15, 0.2) is 0 Å². The smallest absolute Gasteiger partial charge is 0.327 e. The van der Waals surface area contributed by atoms with Crippen molar-refractivity contribution in [1.29, 1.82) is 0 Å². The molecule has 0 radical (unpaired) electrons. The van der Waals surface area contributed by atoms with Crippen LogP contribution in [0.2, 0.25) is 0 Å². The van der Waals surface area contributed by atoms with E-state index in [1.807, 2.05) is 4.98 Å². The maximum atomic E-state index is 12.8. The molecule has 2 rings (SSSR count). The van der Waals surface area contributed by atoms with Gasteiger partial charge in [-0.1, -0.05) is 29.8 Å². The molecule has 0 unspecified atom stereocenters. The van der Waals surface area contributed by atoms with Gasteiger partial charge in [0, 0.05) is 10.7 Å². The van der Waals surface area contributed by atoms with E-state index in [0.29, 0.717) is 16.7 Å². The van der Waals surface area contributed by atoms with Crippen LogP contribution in [0.3, 0.4) is 0 Å². The number of aromatic nitrogens is 1. The van der Waals surface area contributed by atoms with Crippen molar-refractivity contribution in [2.24, 2.45) is 5.92 Å². The predicted molar refractivity (Wildman–Crippen MR) is 104 cm³/mol. The Morgan fingerprint density at radius 3 is 2.28 bits per heavy atom. The maximum Gasteiger partial charge on any atom is 0.417 e. The first kappa shape index (κ1) is 23.1. The van der Waals surface area contributed by atoms with Crippen LogP contribution < -0.4 is 15.6 Å². The number of sulfonamides is 1. The Bertz CT molecular complexity index is 1050. The number of carbonyl (C=O) groups excluding carboxylic acids is 1. The van der Waals surface area contributed by atoms with E-state index in [1.165, 1.54) is 24.3 Å². The summed E-state index contributed by atoms with van der Waals surface area (Å²) in [6.45, 7) is 3.09. The number of aromatic amines is 1. The molecule has 0 spiro atoms. The topological polar surface area (TPSA) is 108 Å². The molecule has 1 aromatic heterocycles. The minimum absolute atomic E-state index is 0.101. The van der Waals surface area contributed by atoms with Crippen molar-refractivity contribution in [2.45, 2.75) is 31.0 Å². The number of benzene rings is 1. The zero-order chi connectivity index (χ0) is 22.0. The molecule has 0 aliphatic rings. The first-order chi connectivity index (χ1) is 13.3. The van der Waals surface area contributed by atoms with E-state index in [-0.39, 0.29) is 4.90 Å². The summed E-state index contributed by atoms with van der Waals surface area (Å²) < 4.78 is 66.5. The zero-order valence-electron chi connectivity index (χ0n) is 15.2. The molecule has 1 atom stereocenters. The van der Waals surface area contributed by atoms with E-state index in [9.17, 15) is 31.2 Å². The molecule has 0 aliphatic heterocycles. The molecule has 0 saturated heterocycles. The number of nitrogens with one attached hydrogen (secondary N) is 3. The van der Waals surface area contributed by atoms with Crippen LogP contribution in [0.4, 0.5) is 18.9 Å². The van der Waals surface area contributed by atoms with Crippen molar-refractivity contribution in [3.05, 3.63) is 56.9 Å². The second kappa shape index (κ2) is 8.67. The van der Waals surface area contributed by atoms with Gasteiger partial charge in [0.2, 0.25) is 15.9 Å². The molecule has 0 saturated carbocycles. The van der Waals surface area contributed by atoms with Gasteiger partial charge in [-0.15, -0.1) is 0 Å². The molecule has 1 heterocycles. The molecule has 0 bridgehead atoms. The number of alkyl halides is 3. The lowest BCUT2D eigenvalue weighted by Gasteiger charge is -2.21. The van der Waals surface area contributed by atoms with Crippen LogP contribution in [0.15, 0.2) is 50.7 Å². The summed E-state index contributed by atoms with van der Waals surface area (Å²) in [4.78, 5) is 26.1. The summed E-state index contributed by atoms with van der Waals surface area (Å²) in [5.41, 5.74) is -2.76. The van der Waals surface area contributed by atoms with Crippen molar-refractivity contribution >= 4 is 37.5 Å². The van der Waals surface area contributed by atoms with Crippen LogP contribution in [0.5, 0.6) is 0 Å². The van der Waals surface area contributed by atoms with Gasteiger partial charge in [-0.2, -0.15) is 17.9 Å². The van der Waals surface area contributed by atoms with Gasteiger partial charge < -0.3 is 10.3 Å². The number of hydrogen-bond donors (Lipinski definition) is 3. The highest BCUT2D eigenvalue weighted by atomic mass is 79.9. The van der Waals surface area contributed by atoms with Gasteiger partial charge >= 0.3 is 6.18 Å². The third kappa shape index (κ3) is 5.90. The lowest BCUT2D eigenvalue weighted by molar-refractivity contribution is -0.137. The van der Waals surface area contributed by atoms with Gasteiger partial charge in [-0.3, -0.25) is 9.59 Å². The highest BCUT2D eigenvalue weighted by Gasteiger charge is 2.33. The summed E-state index contributed by atoms with van der Waals surface area (Å²) in [6.07, 6.45) is -4.25. The Kier molecular flexibility index (Phi) is 6.91. The van der Waals surface area contributed by atoms with E-state index in [0.717, 1.165) is 0 Å². The molecule has 29 heavy (non-hydrogen) atoms. The monoisotopic (exact) mass is 495 g/mol. The van der Waals surface area contributed by atoms with Crippen LogP contribution in [0.1, 0.15) is 19.4 Å². The van der Waals surface area contributed by atoms with Crippen molar-refractivity contribution in [2.75, 3.05) is 5.32 Å². The van der Waals surface area contributed by atoms with Crippen LogP contribution in [-0.4, -0.2) is 25.4 Å². The quantitative estimate of drug-likeness (QED) is 0.571. The zero-order valence-corrected chi connectivity index (χ0v) is 17.6. The summed E-state index contributed by atoms with van der Waals surface area (Å²) in [7, 11) is -4.10.